The van der Waals surface area contributed by atoms with Gasteiger partial charge in [-0.1, -0.05) is 22.0 Å². The summed E-state index contributed by atoms with van der Waals surface area (Å²) in [5.74, 6) is -0.198. The highest BCUT2D eigenvalue weighted by molar-refractivity contribution is 9.10. The fraction of sp³-hybridized carbons (Fsp3) is 0.357. The summed E-state index contributed by atoms with van der Waals surface area (Å²) in [7, 11) is 1.84. The SMILES string of the molecule is CCn1cc(CC(NC)c2c(F)cccc2Br)cn1. The van der Waals surface area contributed by atoms with Crippen LogP contribution in [-0.2, 0) is 13.0 Å². The highest BCUT2D eigenvalue weighted by Crippen LogP contribution is 2.28. The topological polar surface area (TPSA) is 29.9 Å². The van der Waals surface area contributed by atoms with E-state index in [0.717, 1.165) is 16.6 Å². The summed E-state index contributed by atoms with van der Waals surface area (Å²) in [4.78, 5) is 0. The molecule has 1 heterocycles. The summed E-state index contributed by atoms with van der Waals surface area (Å²) in [6.45, 7) is 2.88. The first-order valence-corrected chi connectivity index (χ1v) is 7.07. The van der Waals surface area contributed by atoms with Gasteiger partial charge >= 0.3 is 0 Å². The van der Waals surface area contributed by atoms with Crippen LogP contribution < -0.4 is 5.32 Å². The van der Waals surface area contributed by atoms with Gasteiger partial charge in [0.15, 0.2) is 0 Å². The molecule has 2 rings (SSSR count). The van der Waals surface area contributed by atoms with Gasteiger partial charge in [0.05, 0.1) is 6.20 Å². The molecule has 0 amide bonds. The lowest BCUT2D eigenvalue weighted by atomic mass is 10.0. The normalized spacial score (nSPS) is 12.6. The molecule has 1 unspecified atom stereocenters. The van der Waals surface area contributed by atoms with E-state index in [9.17, 15) is 4.39 Å². The average molecular weight is 326 g/mol. The van der Waals surface area contributed by atoms with E-state index in [1.807, 2.05) is 37.1 Å². The summed E-state index contributed by atoms with van der Waals surface area (Å²) < 4.78 is 16.6. The van der Waals surface area contributed by atoms with Gasteiger partial charge in [-0.2, -0.15) is 5.10 Å². The fourth-order valence-corrected chi connectivity index (χ4v) is 2.73. The second-order valence-electron chi connectivity index (χ2n) is 4.38. The Bertz CT molecular complexity index is 533. The van der Waals surface area contributed by atoms with Crippen molar-refractivity contribution >= 4 is 15.9 Å². The molecule has 0 aliphatic rings. The van der Waals surface area contributed by atoms with Gasteiger partial charge in [-0.05, 0) is 38.1 Å². The molecule has 1 N–H and O–H groups in total. The van der Waals surface area contributed by atoms with E-state index >= 15 is 0 Å². The van der Waals surface area contributed by atoms with Crippen molar-refractivity contribution in [3.8, 4) is 0 Å². The Morgan fingerprint density at radius 3 is 2.84 bits per heavy atom. The second kappa shape index (κ2) is 6.30. The number of aryl methyl sites for hydroxylation is 1. The van der Waals surface area contributed by atoms with Crippen LogP contribution in [0.15, 0.2) is 35.1 Å². The Labute approximate surface area is 121 Å². The monoisotopic (exact) mass is 325 g/mol. The lowest BCUT2D eigenvalue weighted by Crippen LogP contribution is -2.20. The molecular formula is C14H17BrFN3. The molecule has 0 radical (unpaired) electrons. The number of likely N-dealkylation sites (N-methyl/N-ethyl adjacent to an activating group) is 1. The molecule has 0 saturated heterocycles. The van der Waals surface area contributed by atoms with Gasteiger partial charge in [-0.3, -0.25) is 4.68 Å². The quantitative estimate of drug-likeness (QED) is 0.914. The maximum absolute atomic E-state index is 14.0. The second-order valence-corrected chi connectivity index (χ2v) is 5.24. The Morgan fingerprint density at radius 1 is 1.47 bits per heavy atom. The van der Waals surface area contributed by atoms with Gasteiger partial charge in [0.2, 0.25) is 0 Å². The summed E-state index contributed by atoms with van der Waals surface area (Å²) in [5, 5.41) is 7.41. The number of hydrogen-bond donors (Lipinski definition) is 1. The van der Waals surface area contributed by atoms with Crippen LogP contribution in [0.3, 0.4) is 0 Å². The van der Waals surface area contributed by atoms with Crippen LogP contribution >= 0.6 is 15.9 Å². The van der Waals surface area contributed by atoms with Crippen LogP contribution in [-0.4, -0.2) is 16.8 Å². The molecule has 1 aromatic heterocycles. The first-order valence-electron chi connectivity index (χ1n) is 6.28. The summed E-state index contributed by atoms with van der Waals surface area (Å²) in [6.07, 6.45) is 4.54. The summed E-state index contributed by atoms with van der Waals surface area (Å²) in [5.41, 5.74) is 1.76. The van der Waals surface area contributed by atoms with E-state index in [0.29, 0.717) is 12.0 Å². The average Bonchev–Trinajstić information content (AvgIpc) is 2.85. The third-order valence-corrected chi connectivity index (χ3v) is 3.84. The zero-order valence-electron chi connectivity index (χ0n) is 11.0. The highest BCUT2D eigenvalue weighted by Gasteiger charge is 2.18. The van der Waals surface area contributed by atoms with Crippen LogP contribution in [0.5, 0.6) is 0 Å². The summed E-state index contributed by atoms with van der Waals surface area (Å²) in [6, 6.07) is 4.97. The molecule has 5 heteroatoms. The van der Waals surface area contributed by atoms with E-state index in [-0.39, 0.29) is 11.9 Å². The van der Waals surface area contributed by atoms with E-state index in [1.165, 1.54) is 6.07 Å². The van der Waals surface area contributed by atoms with Crippen molar-refractivity contribution in [2.45, 2.75) is 25.9 Å². The standard InChI is InChI=1S/C14H17BrFN3/c1-3-19-9-10(8-18-19)7-13(17-2)14-11(15)5-4-6-12(14)16/h4-6,8-9,13,17H,3,7H2,1-2H3. The molecule has 1 aromatic carbocycles. The van der Waals surface area contributed by atoms with E-state index in [4.69, 9.17) is 0 Å². The first-order chi connectivity index (χ1) is 9.15. The van der Waals surface area contributed by atoms with Crippen molar-refractivity contribution in [2.24, 2.45) is 0 Å². The largest absolute Gasteiger partial charge is 0.313 e. The molecule has 102 valence electrons. The van der Waals surface area contributed by atoms with Gasteiger partial charge in [-0.15, -0.1) is 0 Å². The van der Waals surface area contributed by atoms with E-state index in [2.05, 4.69) is 26.3 Å². The third-order valence-electron chi connectivity index (χ3n) is 3.15. The van der Waals surface area contributed by atoms with Crippen molar-refractivity contribution in [3.05, 3.63) is 52.0 Å². The third kappa shape index (κ3) is 3.22. The highest BCUT2D eigenvalue weighted by atomic mass is 79.9. The van der Waals surface area contributed by atoms with Crippen molar-refractivity contribution in [3.63, 3.8) is 0 Å². The zero-order chi connectivity index (χ0) is 13.8. The molecule has 3 nitrogen and oxygen atoms in total. The van der Waals surface area contributed by atoms with Crippen molar-refractivity contribution in [2.75, 3.05) is 7.05 Å². The number of hydrogen-bond acceptors (Lipinski definition) is 2. The number of halogens is 2. The minimum atomic E-state index is -0.198. The van der Waals surface area contributed by atoms with E-state index < -0.39 is 0 Å². The predicted octanol–water partition coefficient (Wildman–Crippen LogP) is 3.31. The minimum absolute atomic E-state index is 0.0786. The maximum Gasteiger partial charge on any atom is 0.129 e. The zero-order valence-corrected chi connectivity index (χ0v) is 12.6. The van der Waals surface area contributed by atoms with Crippen molar-refractivity contribution in [1.29, 1.82) is 0 Å². The van der Waals surface area contributed by atoms with Crippen LogP contribution in [0.2, 0.25) is 0 Å². The molecule has 0 spiro atoms. The van der Waals surface area contributed by atoms with Crippen molar-refractivity contribution in [1.82, 2.24) is 15.1 Å². The molecule has 19 heavy (non-hydrogen) atoms. The molecule has 0 aliphatic heterocycles. The van der Waals surface area contributed by atoms with Gasteiger partial charge in [0.25, 0.3) is 0 Å². The Morgan fingerprint density at radius 2 is 2.26 bits per heavy atom. The Hall–Kier alpha value is -1.20. The summed E-state index contributed by atoms with van der Waals surface area (Å²) >= 11 is 3.42. The predicted molar refractivity (Wildman–Crippen MR) is 77.5 cm³/mol. The number of nitrogens with zero attached hydrogens (tertiary/aromatic N) is 2. The molecule has 2 aromatic rings. The molecule has 0 bridgehead atoms. The molecular weight excluding hydrogens is 309 g/mol. The van der Waals surface area contributed by atoms with E-state index in [1.54, 1.807) is 6.07 Å². The number of aromatic nitrogens is 2. The van der Waals surface area contributed by atoms with Crippen LogP contribution in [0.4, 0.5) is 4.39 Å². The van der Waals surface area contributed by atoms with Gasteiger partial charge < -0.3 is 5.32 Å². The lowest BCUT2D eigenvalue weighted by molar-refractivity contribution is 0.531. The minimum Gasteiger partial charge on any atom is -0.313 e. The van der Waals surface area contributed by atoms with Crippen LogP contribution in [0.25, 0.3) is 0 Å². The van der Waals surface area contributed by atoms with Gasteiger partial charge in [0.1, 0.15) is 5.82 Å². The molecule has 1 atom stereocenters. The Balaban J connectivity index is 2.25. The maximum atomic E-state index is 14.0. The number of rotatable bonds is 5. The number of benzene rings is 1. The van der Waals surface area contributed by atoms with Crippen LogP contribution in [0, 0.1) is 5.82 Å². The Kier molecular flexibility index (Phi) is 4.71. The molecule has 0 aliphatic carbocycles. The fourth-order valence-electron chi connectivity index (χ4n) is 2.11. The molecule has 0 saturated carbocycles. The van der Waals surface area contributed by atoms with Gasteiger partial charge in [0, 0.05) is 28.8 Å². The van der Waals surface area contributed by atoms with Crippen molar-refractivity contribution < 1.29 is 4.39 Å². The number of nitrogens with one attached hydrogen (secondary N) is 1. The van der Waals surface area contributed by atoms with Crippen LogP contribution in [0.1, 0.15) is 24.1 Å². The van der Waals surface area contributed by atoms with Gasteiger partial charge in [-0.25, -0.2) is 4.39 Å². The first kappa shape index (κ1) is 14.2. The smallest absolute Gasteiger partial charge is 0.129 e. The lowest BCUT2D eigenvalue weighted by Gasteiger charge is -2.18. The molecule has 0 fully saturated rings.